The highest BCUT2D eigenvalue weighted by Gasteiger charge is 2.14. The summed E-state index contributed by atoms with van der Waals surface area (Å²) in [7, 11) is 0. The van der Waals surface area contributed by atoms with Crippen LogP contribution >= 0.6 is 0 Å². The van der Waals surface area contributed by atoms with Gasteiger partial charge in [0.05, 0.1) is 12.4 Å². The second-order valence-corrected chi connectivity index (χ2v) is 5.56. The first-order valence-corrected chi connectivity index (χ1v) is 7.49. The van der Waals surface area contributed by atoms with Gasteiger partial charge in [0.2, 0.25) is 0 Å². The number of nitrogens with two attached hydrogens (primary N) is 1. The first-order valence-electron chi connectivity index (χ1n) is 7.49. The average Bonchev–Trinajstić information content (AvgIpc) is 2.76. The normalized spacial score (nSPS) is 20.7. The molecule has 3 heterocycles. The van der Waals surface area contributed by atoms with Crippen LogP contribution in [0.5, 0.6) is 0 Å². The van der Waals surface area contributed by atoms with Gasteiger partial charge in [-0.3, -0.25) is 0 Å². The summed E-state index contributed by atoms with van der Waals surface area (Å²) in [6.45, 7) is 7.10. The van der Waals surface area contributed by atoms with E-state index in [0.29, 0.717) is 17.4 Å². The highest BCUT2D eigenvalue weighted by molar-refractivity contribution is 5.80. The summed E-state index contributed by atoms with van der Waals surface area (Å²) >= 11 is 0. The molecule has 2 aromatic heterocycles. The van der Waals surface area contributed by atoms with E-state index in [1.807, 2.05) is 4.57 Å². The van der Waals surface area contributed by atoms with Crippen molar-refractivity contribution in [1.82, 2.24) is 24.4 Å². The van der Waals surface area contributed by atoms with Crippen LogP contribution in [0.15, 0.2) is 12.7 Å². The van der Waals surface area contributed by atoms with Crippen LogP contribution in [0.3, 0.4) is 0 Å². The van der Waals surface area contributed by atoms with Crippen LogP contribution in [-0.4, -0.2) is 56.8 Å². The summed E-state index contributed by atoms with van der Waals surface area (Å²) in [6.07, 6.45) is 5.78. The molecule has 0 spiro atoms. The fourth-order valence-corrected chi connectivity index (χ4v) is 2.81. The Morgan fingerprint density at radius 1 is 1.33 bits per heavy atom. The van der Waals surface area contributed by atoms with Crippen molar-refractivity contribution in [2.75, 3.05) is 32.0 Å². The highest BCUT2D eigenvalue weighted by atomic mass is 16.5. The molecule has 1 saturated heterocycles. The zero-order valence-corrected chi connectivity index (χ0v) is 12.4. The lowest BCUT2D eigenvalue weighted by atomic mass is 10.3. The summed E-state index contributed by atoms with van der Waals surface area (Å²) < 4.78 is 7.72. The van der Waals surface area contributed by atoms with Crippen LogP contribution in [0.25, 0.3) is 11.2 Å². The van der Waals surface area contributed by atoms with E-state index in [1.165, 1.54) is 6.33 Å². The molecule has 0 saturated carbocycles. The summed E-state index contributed by atoms with van der Waals surface area (Å²) in [5.41, 5.74) is 7.30. The van der Waals surface area contributed by atoms with Crippen molar-refractivity contribution in [2.24, 2.45) is 0 Å². The van der Waals surface area contributed by atoms with Crippen molar-refractivity contribution in [2.45, 2.75) is 32.4 Å². The minimum Gasteiger partial charge on any atom is -0.382 e. The second-order valence-electron chi connectivity index (χ2n) is 5.56. The summed E-state index contributed by atoms with van der Waals surface area (Å²) in [4.78, 5) is 15.0. The van der Waals surface area contributed by atoms with E-state index in [9.17, 15) is 0 Å². The lowest BCUT2D eigenvalue weighted by Crippen LogP contribution is -2.31. The summed E-state index contributed by atoms with van der Waals surface area (Å²) in [5, 5.41) is 0. The Balaban J connectivity index is 1.58. The molecule has 0 radical (unpaired) electrons. The quantitative estimate of drug-likeness (QED) is 0.901. The Bertz CT molecular complexity index is 598. The molecule has 0 bridgehead atoms. The molecule has 7 heteroatoms. The number of aryl methyl sites for hydroxylation is 1. The summed E-state index contributed by atoms with van der Waals surface area (Å²) in [5.74, 6) is 0.442. The van der Waals surface area contributed by atoms with Gasteiger partial charge in [0.15, 0.2) is 11.5 Å². The molecule has 21 heavy (non-hydrogen) atoms. The van der Waals surface area contributed by atoms with Crippen LogP contribution in [-0.2, 0) is 11.3 Å². The van der Waals surface area contributed by atoms with Crippen LogP contribution in [0.2, 0.25) is 0 Å². The number of fused-ring (bicyclic) bond motifs is 1. The number of rotatable bonds is 4. The fraction of sp³-hybridized carbons (Fsp3) is 0.643. The number of nitrogen functional groups attached to an aromatic ring is 1. The maximum atomic E-state index is 5.80. The van der Waals surface area contributed by atoms with E-state index in [1.54, 1.807) is 6.33 Å². The van der Waals surface area contributed by atoms with Gasteiger partial charge in [0.1, 0.15) is 11.8 Å². The first-order chi connectivity index (χ1) is 10.2. The third-order valence-corrected chi connectivity index (χ3v) is 3.84. The average molecular weight is 290 g/mol. The number of hydrogen-bond acceptors (Lipinski definition) is 6. The maximum absolute atomic E-state index is 5.80. The number of nitrogens with zero attached hydrogens (tertiary/aromatic N) is 5. The lowest BCUT2D eigenvalue weighted by molar-refractivity contribution is 0.0675. The van der Waals surface area contributed by atoms with E-state index < -0.39 is 0 Å². The van der Waals surface area contributed by atoms with Gasteiger partial charge in [0.25, 0.3) is 0 Å². The van der Waals surface area contributed by atoms with Crippen molar-refractivity contribution in [3.05, 3.63) is 12.7 Å². The molecule has 0 aliphatic carbocycles. The Labute approximate surface area is 124 Å². The number of hydrogen-bond donors (Lipinski definition) is 1. The largest absolute Gasteiger partial charge is 0.382 e. The second kappa shape index (κ2) is 6.36. The minimum atomic E-state index is 0.328. The van der Waals surface area contributed by atoms with Gasteiger partial charge in [-0.25, -0.2) is 15.0 Å². The van der Waals surface area contributed by atoms with Crippen molar-refractivity contribution in [3.8, 4) is 0 Å². The molecule has 1 fully saturated rings. The van der Waals surface area contributed by atoms with Gasteiger partial charge in [-0.05, 0) is 26.3 Å². The van der Waals surface area contributed by atoms with Crippen LogP contribution in [0.4, 0.5) is 5.82 Å². The Kier molecular flexibility index (Phi) is 4.31. The molecule has 114 valence electrons. The van der Waals surface area contributed by atoms with Gasteiger partial charge < -0.3 is 19.9 Å². The van der Waals surface area contributed by atoms with E-state index in [2.05, 4.69) is 26.8 Å². The minimum absolute atomic E-state index is 0.328. The SMILES string of the molecule is CC1CN(CCCn2cnc3c(N)ncnc32)CCCO1. The predicted octanol–water partition coefficient (Wildman–Crippen LogP) is 0.909. The van der Waals surface area contributed by atoms with Crippen LogP contribution < -0.4 is 5.73 Å². The van der Waals surface area contributed by atoms with Crippen LogP contribution in [0, 0.1) is 0 Å². The van der Waals surface area contributed by atoms with Crippen molar-refractivity contribution in [3.63, 3.8) is 0 Å². The Morgan fingerprint density at radius 2 is 2.24 bits per heavy atom. The zero-order valence-electron chi connectivity index (χ0n) is 12.4. The smallest absolute Gasteiger partial charge is 0.165 e. The third-order valence-electron chi connectivity index (χ3n) is 3.84. The van der Waals surface area contributed by atoms with Crippen molar-refractivity contribution >= 4 is 17.0 Å². The predicted molar refractivity (Wildman–Crippen MR) is 80.8 cm³/mol. The van der Waals surface area contributed by atoms with Gasteiger partial charge in [0, 0.05) is 26.2 Å². The van der Waals surface area contributed by atoms with Crippen LogP contribution in [0.1, 0.15) is 19.8 Å². The van der Waals surface area contributed by atoms with E-state index in [0.717, 1.165) is 51.3 Å². The molecule has 7 nitrogen and oxygen atoms in total. The van der Waals surface area contributed by atoms with E-state index in [4.69, 9.17) is 10.5 Å². The molecule has 3 rings (SSSR count). The monoisotopic (exact) mass is 290 g/mol. The number of imidazole rings is 1. The van der Waals surface area contributed by atoms with E-state index >= 15 is 0 Å². The molecular formula is C14H22N6O. The van der Waals surface area contributed by atoms with Gasteiger partial charge >= 0.3 is 0 Å². The van der Waals surface area contributed by atoms with Gasteiger partial charge in [-0.15, -0.1) is 0 Å². The molecule has 0 aromatic carbocycles. The molecule has 1 unspecified atom stereocenters. The van der Waals surface area contributed by atoms with Crippen molar-refractivity contribution < 1.29 is 4.74 Å². The molecule has 0 amide bonds. The Morgan fingerprint density at radius 3 is 3.14 bits per heavy atom. The molecule has 1 atom stereocenters. The number of aromatic nitrogens is 4. The molecular weight excluding hydrogens is 268 g/mol. The fourth-order valence-electron chi connectivity index (χ4n) is 2.81. The highest BCUT2D eigenvalue weighted by Crippen LogP contribution is 2.14. The molecule has 2 aromatic rings. The first kappa shape index (κ1) is 14.2. The standard InChI is InChI=1S/C14H22N6O/c1-11-8-19(5-3-7-21-11)4-2-6-20-10-18-12-13(15)16-9-17-14(12)20/h9-11H,2-8H2,1H3,(H2,15,16,17). The zero-order chi connectivity index (χ0) is 14.7. The molecule has 2 N–H and O–H groups in total. The van der Waals surface area contributed by atoms with Gasteiger partial charge in [-0.1, -0.05) is 0 Å². The van der Waals surface area contributed by atoms with Crippen molar-refractivity contribution in [1.29, 1.82) is 0 Å². The lowest BCUT2D eigenvalue weighted by Gasteiger charge is -2.21. The Hall–Kier alpha value is -1.73. The maximum Gasteiger partial charge on any atom is 0.165 e. The summed E-state index contributed by atoms with van der Waals surface area (Å²) in [6, 6.07) is 0. The van der Waals surface area contributed by atoms with E-state index in [-0.39, 0.29) is 0 Å². The van der Waals surface area contributed by atoms with Gasteiger partial charge in [-0.2, -0.15) is 0 Å². The molecule has 1 aliphatic heterocycles. The number of anilines is 1. The topological polar surface area (TPSA) is 82.1 Å². The molecule has 1 aliphatic rings. The number of ether oxygens (including phenoxy) is 1. The third kappa shape index (κ3) is 3.30.